The molecule has 0 aliphatic carbocycles. The summed E-state index contributed by atoms with van der Waals surface area (Å²) in [7, 11) is 0. The van der Waals surface area contributed by atoms with E-state index in [9.17, 15) is 4.39 Å². The first kappa shape index (κ1) is 12.0. The smallest absolute Gasteiger partial charge is 0.140 e. The fourth-order valence-corrected chi connectivity index (χ4v) is 2.00. The lowest BCUT2D eigenvalue weighted by molar-refractivity contribution is 0.300. The molecule has 0 saturated heterocycles. The van der Waals surface area contributed by atoms with Gasteiger partial charge in [-0.25, -0.2) is 9.37 Å². The third-order valence-corrected chi connectivity index (χ3v) is 3.05. The lowest BCUT2D eigenvalue weighted by Gasteiger charge is -2.13. The summed E-state index contributed by atoms with van der Waals surface area (Å²) < 4.78 is 18.7. The average Bonchev–Trinajstić information content (AvgIpc) is 2.80. The second-order valence-electron chi connectivity index (χ2n) is 3.69. The Labute approximate surface area is 103 Å². The SMILES string of the molecule is C[C@@H](N)c1cc(F)ccc1OCc1nccs1. The number of ether oxygens (including phenoxy) is 1. The second kappa shape index (κ2) is 5.25. The van der Waals surface area contributed by atoms with Gasteiger partial charge in [-0.3, -0.25) is 0 Å². The number of aromatic nitrogens is 1. The summed E-state index contributed by atoms with van der Waals surface area (Å²) in [4.78, 5) is 4.11. The average molecular weight is 252 g/mol. The van der Waals surface area contributed by atoms with Gasteiger partial charge in [-0.2, -0.15) is 0 Å². The number of nitrogens with two attached hydrogens (primary N) is 1. The van der Waals surface area contributed by atoms with Crippen molar-refractivity contribution in [1.29, 1.82) is 0 Å². The van der Waals surface area contributed by atoms with Crippen LogP contribution in [0.1, 0.15) is 23.5 Å². The first-order valence-electron chi connectivity index (χ1n) is 5.23. The van der Waals surface area contributed by atoms with Gasteiger partial charge in [-0.05, 0) is 25.1 Å². The van der Waals surface area contributed by atoms with Gasteiger partial charge in [-0.15, -0.1) is 11.3 Å². The Morgan fingerprint density at radius 1 is 1.53 bits per heavy atom. The molecule has 90 valence electrons. The standard InChI is InChI=1S/C12H13FN2OS/c1-8(14)10-6-9(13)2-3-11(10)16-7-12-15-4-5-17-12/h2-6,8H,7,14H2,1H3/t8-/m1/s1. The first-order valence-corrected chi connectivity index (χ1v) is 6.11. The van der Waals surface area contributed by atoms with Gasteiger partial charge in [0.05, 0.1) is 0 Å². The maximum Gasteiger partial charge on any atom is 0.140 e. The molecule has 0 bridgehead atoms. The van der Waals surface area contributed by atoms with Crippen molar-refractivity contribution in [3.8, 4) is 5.75 Å². The van der Waals surface area contributed by atoms with E-state index < -0.39 is 0 Å². The van der Waals surface area contributed by atoms with Crippen LogP contribution in [0.3, 0.4) is 0 Å². The number of hydrogen-bond acceptors (Lipinski definition) is 4. The predicted molar refractivity (Wildman–Crippen MR) is 65.4 cm³/mol. The van der Waals surface area contributed by atoms with Crippen LogP contribution in [0.25, 0.3) is 0 Å². The van der Waals surface area contributed by atoms with E-state index in [0.29, 0.717) is 17.9 Å². The van der Waals surface area contributed by atoms with Crippen LogP contribution < -0.4 is 10.5 Å². The molecule has 0 spiro atoms. The Balaban J connectivity index is 2.14. The fraction of sp³-hybridized carbons (Fsp3) is 0.250. The molecule has 0 aliphatic rings. The summed E-state index contributed by atoms with van der Waals surface area (Å²) in [6.07, 6.45) is 1.72. The minimum atomic E-state index is -0.307. The molecule has 0 radical (unpaired) electrons. The van der Waals surface area contributed by atoms with Crippen molar-refractivity contribution in [1.82, 2.24) is 4.98 Å². The minimum absolute atomic E-state index is 0.267. The molecule has 1 aromatic heterocycles. The molecule has 2 N–H and O–H groups in total. The number of nitrogens with zero attached hydrogens (tertiary/aromatic N) is 1. The van der Waals surface area contributed by atoms with Crippen molar-refractivity contribution in [2.75, 3.05) is 0 Å². The van der Waals surface area contributed by atoms with E-state index in [1.807, 2.05) is 5.38 Å². The van der Waals surface area contributed by atoms with Gasteiger partial charge in [0.15, 0.2) is 0 Å². The lowest BCUT2D eigenvalue weighted by atomic mass is 10.1. The highest BCUT2D eigenvalue weighted by atomic mass is 32.1. The molecule has 3 nitrogen and oxygen atoms in total. The summed E-state index contributed by atoms with van der Waals surface area (Å²) in [5, 5.41) is 2.76. The van der Waals surface area contributed by atoms with Crippen molar-refractivity contribution in [3.63, 3.8) is 0 Å². The van der Waals surface area contributed by atoms with E-state index in [0.717, 1.165) is 5.01 Å². The molecule has 17 heavy (non-hydrogen) atoms. The molecule has 0 aliphatic heterocycles. The fourth-order valence-electron chi connectivity index (χ4n) is 1.47. The Hall–Kier alpha value is -1.46. The molecule has 5 heteroatoms. The van der Waals surface area contributed by atoms with Gasteiger partial charge in [0.2, 0.25) is 0 Å². The minimum Gasteiger partial charge on any atom is -0.486 e. The Bertz CT molecular complexity index is 485. The molecular formula is C12H13FN2OS. The Morgan fingerprint density at radius 3 is 3.00 bits per heavy atom. The quantitative estimate of drug-likeness (QED) is 0.910. The zero-order chi connectivity index (χ0) is 12.3. The Kier molecular flexibility index (Phi) is 3.71. The summed E-state index contributed by atoms with van der Waals surface area (Å²) in [6.45, 7) is 2.17. The number of benzene rings is 1. The Morgan fingerprint density at radius 2 is 2.35 bits per heavy atom. The van der Waals surface area contributed by atoms with Crippen LogP contribution >= 0.6 is 11.3 Å². The van der Waals surface area contributed by atoms with E-state index in [1.165, 1.54) is 23.5 Å². The number of hydrogen-bond donors (Lipinski definition) is 1. The van der Waals surface area contributed by atoms with Crippen LogP contribution in [0, 0.1) is 5.82 Å². The highest BCUT2D eigenvalue weighted by molar-refractivity contribution is 7.09. The van der Waals surface area contributed by atoms with E-state index in [-0.39, 0.29) is 11.9 Å². The molecule has 1 atom stereocenters. The maximum atomic E-state index is 13.1. The maximum absolute atomic E-state index is 13.1. The molecule has 0 saturated carbocycles. The summed E-state index contributed by atoms with van der Waals surface area (Å²) in [6, 6.07) is 4.10. The summed E-state index contributed by atoms with van der Waals surface area (Å²) in [5.74, 6) is 0.301. The van der Waals surface area contributed by atoms with Gasteiger partial charge in [0.25, 0.3) is 0 Å². The molecule has 2 rings (SSSR count). The molecule has 0 fully saturated rings. The van der Waals surface area contributed by atoms with Crippen LogP contribution in [0.5, 0.6) is 5.75 Å². The summed E-state index contributed by atoms with van der Waals surface area (Å²) >= 11 is 1.52. The van der Waals surface area contributed by atoms with Gasteiger partial charge >= 0.3 is 0 Å². The van der Waals surface area contributed by atoms with Crippen LogP contribution in [0.4, 0.5) is 4.39 Å². The molecule has 0 unspecified atom stereocenters. The van der Waals surface area contributed by atoms with Crippen LogP contribution in [0.15, 0.2) is 29.8 Å². The predicted octanol–water partition coefficient (Wildman–Crippen LogP) is 2.88. The second-order valence-corrected chi connectivity index (χ2v) is 4.66. The topological polar surface area (TPSA) is 48.1 Å². The van der Waals surface area contributed by atoms with Crippen molar-refractivity contribution in [3.05, 3.63) is 46.2 Å². The van der Waals surface area contributed by atoms with Gasteiger partial charge in [0, 0.05) is 23.2 Å². The molecule has 2 aromatic rings. The lowest BCUT2D eigenvalue weighted by Crippen LogP contribution is -2.08. The van der Waals surface area contributed by atoms with Crippen molar-refractivity contribution in [2.45, 2.75) is 19.6 Å². The number of thiazole rings is 1. The highest BCUT2D eigenvalue weighted by Crippen LogP contribution is 2.25. The van der Waals surface area contributed by atoms with Gasteiger partial charge in [0.1, 0.15) is 23.2 Å². The zero-order valence-electron chi connectivity index (χ0n) is 9.39. The van der Waals surface area contributed by atoms with E-state index in [4.69, 9.17) is 10.5 Å². The van der Waals surface area contributed by atoms with Crippen molar-refractivity contribution < 1.29 is 9.13 Å². The van der Waals surface area contributed by atoms with Crippen molar-refractivity contribution >= 4 is 11.3 Å². The molecule has 0 amide bonds. The highest BCUT2D eigenvalue weighted by Gasteiger charge is 2.10. The first-order chi connectivity index (χ1) is 8.16. The largest absolute Gasteiger partial charge is 0.486 e. The number of rotatable bonds is 4. The normalized spacial score (nSPS) is 12.4. The third-order valence-electron chi connectivity index (χ3n) is 2.30. The van der Waals surface area contributed by atoms with E-state index >= 15 is 0 Å². The molecular weight excluding hydrogens is 239 g/mol. The number of halogens is 1. The van der Waals surface area contributed by atoms with Crippen LogP contribution in [0.2, 0.25) is 0 Å². The van der Waals surface area contributed by atoms with Gasteiger partial charge < -0.3 is 10.5 Å². The van der Waals surface area contributed by atoms with E-state index in [2.05, 4.69) is 4.98 Å². The zero-order valence-corrected chi connectivity index (χ0v) is 10.2. The van der Waals surface area contributed by atoms with Crippen molar-refractivity contribution in [2.24, 2.45) is 5.73 Å². The van der Waals surface area contributed by atoms with Crippen LogP contribution in [-0.4, -0.2) is 4.98 Å². The summed E-state index contributed by atoms with van der Waals surface area (Å²) in [5.41, 5.74) is 6.44. The monoisotopic (exact) mass is 252 g/mol. The van der Waals surface area contributed by atoms with Gasteiger partial charge in [-0.1, -0.05) is 0 Å². The van der Waals surface area contributed by atoms with E-state index in [1.54, 1.807) is 19.2 Å². The molecule has 1 aromatic carbocycles. The third kappa shape index (κ3) is 3.01. The molecule has 1 heterocycles. The van der Waals surface area contributed by atoms with Crippen LogP contribution in [-0.2, 0) is 6.61 Å².